The Bertz CT molecular complexity index is 454. The van der Waals surface area contributed by atoms with Crippen LogP contribution in [0.3, 0.4) is 0 Å². The van der Waals surface area contributed by atoms with Crippen LogP contribution in [0.5, 0.6) is 0 Å². The number of benzene rings is 1. The van der Waals surface area contributed by atoms with E-state index in [2.05, 4.69) is 21.2 Å². The normalized spacial score (nSPS) is 18.1. The lowest BCUT2D eigenvalue weighted by atomic mass is 9.83. The number of hydrogen-bond acceptors (Lipinski definition) is 1. The Kier molecular flexibility index (Phi) is 4.85. The van der Waals surface area contributed by atoms with E-state index in [4.69, 9.17) is 11.6 Å². The van der Waals surface area contributed by atoms with Crippen LogP contribution in [0.25, 0.3) is 0 Å². The van der Waals surface area contributed by atoms with E-state index in [1.165, 1.54) is 6.07 Å². The number of alkyl halides is 1. The smallest absolute Gasteiger partial charge is 0.255 e. The molecule has 1 saturated carbocycles. The summed E-state index contributed by atoms with van der Waals surface area (Å²) >= 11 is 9.25. The second kappa shape index (κ2) is 6.23. The summed E-state index contributed by atoms with van der Waals surface area (Å²) < 4.78 is 14.2. The summed E-state index contributed by atoms with van der Waals surface area (Å²) in [6.45, 7) is 0. The molecule has 2 nitrogen and oxygen atoms in total. The minimum Gasteiger partial charge on any atom is -0.345 e. The largest absolute Gasteiger partial charge is 0.345 e. The van der Waals surface area contributed by atoms with Crippen LogP contribution in [0.15, 0.2) is 22.7 Å². The Balaban J connectivity index is 2.20. The first-order valence-corrected chi connectivity index (χ1v) is 7.73. The summed E-state index contributed by atoms with van der Waals surface area (Å²) in [5.74, 6) is -0.551. The molecule has 0 heterocycles. The summed E-state index contributed by atoms with van der Waals surface area (Å²) in [4.78, 5) is 12.3. The third-order valence-corrected chi connectivity index (χ3v) is 4.81. The first-order chi connectivity index (χ1) is 9.08. The van der Waals surface area contributed by atoms with Gasteiger partial charge in [-0.1, -0.05) is 25.3 Å². The van der Waals surface area contributed by atoms with Crippen molar-refractivity contribution in [3.8, 4) is 0 Å². The second-order valence-corrected chi connectivity index (χ2v) is 6.15. The van der Waals surface area contributed by atoms with Gasteiger partial charge in [0.1, 0.15) is 5.82 Å². The van der Waals surface area contributed by atoms with E-state index in [0.29, 0.717) is 10.4 Å². The van der Waals surface area contributed by atoms with E-state index in [9.17, 15) is 9.18 Å². The molecule has 1 fully saturated rings. The average Bonchev–Trinajstić information content (AvgIpc) is 2.39. The second-order valence-electron chi connectivity index (χ2n) is 5.03. The van der Waals surface area contributed by atoms with E-state index in [1.54, 1.807) is 12.1 Å². The molecule has 5 heteroatoms. The van der Waals surface area contributed by atoms with Crippen molar-refractivity contribution >= 4 is 33.4 Å². The van der Waals surface area contributed by atoms with E-state index in [-0.39, 0.29) is 5.56 Å². The number of carbonyl (C=O) groups is 1. The third kappa shape index (κ3) is 3.29. The van der Waals surface area contributed by atoms with Crippen LogP contribution in [0.4, 0.5) is 4.39 Å². The minimum atomic E-state index is -0.521. The van der Waals surface area contributed by atoms with Crippen LogP contribution in [0, 0.1) is 5.82 Å². The molecule has 0 atom stereocenters. The Labute approximate surface area is 125 Å². The highest BCUT2D eigenvalue weighted by Crippen LogP contribution is 2.30. The van der Waals surface area contributed by atoms with Crippen molar-refractivity contribution < 1.29 is 9.18 Å². The van der Waals surface area contributed by atoms with Crippen LogP contribution < -0.4 is 5.32 Å². The quantitative estimate of drug-likeness (QED) is 0.813. The molecular weight excluding hydrogens is 333 g/mol. The van der Waals surface area contributed by atoms with Gasteiger partial charge in [0, 0.05) is 10.4 Å². The molecule has 1 aromatic carbocycles. The topological polar surface area (TPSA) is 29.1 Å². The van der Waals surface area contributed by atoms with Crippen LogP contribution >= 0.6 is 27.5 Å². The Morgan fingerprint density at radius 1 is 1.37 bits per heavy atom. The predicted molar refractivity (Wildman–Crippen MR) is 78.1 cm³/mol. The van der Waals surface area contributed by atoms with E-state index in [1.807, 2.05) is 0 Å². The zero-order valence-corrected chi connectivity index (χ0v) is 12.9. The highest BCUT2D eigenvalue weighted by Gasteiger charge is 2.33. The molecule has 0 spiro atoms. The van der Waals surface area contributed by atoms with Crippen LogP contribution in [-0.2, 0) is 0 Å². The molecule has 2 rings (SSSR count). The van der Waals surface area contributed by atoms with E-state index < -0.39 is 17.3 Å². The Morgan fingerprint density at radius 2 is 2.05 bits per heavy atom. The van der Waals surface area contributed by atoms with Gasteiger partial charge < -0.3 is 5.32 Å². The first kappa shape index (κ1) is 14.8. The third-order valence-electron chi connectivity index (χ3n) is 3.63. The molecule has 0 radical (unpaired) electrons. The van der Waals surface area contributed by atoms with Gasteiger partial charge in [-0.15, -0.1) is 11.6 Å². The summed E-state index contributed by atoms with van der Waals surface area (Å²) in [7, 11) is 0. The Hall–Kier alpha value is -0.610. The fourth-order valence-electron chi connectivity index (χ4n) is 2.54. The fraction of sp³-hybridized carbons (Fsp3) is 0.500. The van der Waals surface area contributed by atoms with Gasteiger partial charge in [-0.2, -0.15) is 0 Å². The molecule has 0 saturated heterocycles. The van der Waals surface area contributed by atoms with Crippen molar-refractivity contribution in [2.24, 2.45) is 0 Å². The highest BCUT2D eigenvalue weighted by atomic mass is 79.9. The lowest BCUT2D eigenvalue weighted by molar-refractivity contribution is 0.0880. The lowest BCUT2D eigenvalue weighted by Crippen LogP contribution is -2.51. The van der Waals surface area contributed by atoms with Gasteiger partial charge in [-0.25, -0.2) is 4.39 Å². The van der Waals surface area contributed by atoms with Crippen LogP contribution in [0.2, 0.25) is 0 Å². The molecule has 0 unspecified atom stereocenters. The predicted octanol–water partition coefficient (Wildman–Crippen LogP) is 4.26. The van der Waals surface area contributed by atoms with Gasteiger partial charge in [0.25, 0.3) is 5.91 Å². The molecule has 1 amide bonds. The van der Waals surface area contributed by atoms with Gasteiger partial charge in [-0.3, -0.25) is 4.79 Å². The number of carbonyl (C=O) groups excluding carboxylic acids is 1. The number of nitrogens with one attached hydrogen (secondary N) is 1. The SMILES string of the molecule is O=C(NC1(CCl)CCCCC1)c1c(F)cccc1Br. The highest BCUT2D eigenvalue weighted by molar-refractivity contribution is 9.10. The van der Waals surface area contributed by atoms with E-state index in [0.717, 1.165) is 32.1 Å². The molecule has 0 aliphatic heterocycles. The van der Waals surface area contributed by atoms with Crippen molar-refractivity contribution in [3.63, 3.8) is 0 Å². The number of amides is 1. The molecule has 0 aromatic heterocycles. The maximum absolute atomic E-state index is 13.8. The van der Waals surface area contributed by atoms with Gasteiger partial charge in [0.15, 0.2) is 0 Å². The number of hydrogen-bond donors (Lipinski definition) is 1. The molecule has 19 heavy (non-hydrogen) atoms. The first-order valence-electron chi connectivity index (χ1n) is 6.40. The van der Waals surface area contributed by atoms with E-state index >= 15 is 0 Å². The fourth-order valence-corrected chi connectivity index (χ4v) is 3.39. The number of halogens is 3. The van der Waals surface area contributed by atoms with Gasteiger partial charge in [0.2, 0.25) is 0 Å². The summed E-state index contributed by atoms with van der Waals surface area (Å²) in [6, 6.07) is 4.51. The Morgan fingerprint density at radius 3 is 2.63 bits per heavy atom. The molecule has 1 aromatic rings. The van der Waals surface area contributed by atoms with Crippen LogP contribution in [0.1, 0.15) is 42.5 Å². The van der Waals surface area contributed by atoms with Crippen molar-refractivity contribution in [1.82, 2.24) is 5.32 Å². The van der Waals surface area contributed by atoms with Crippen molar-refractivity contribution in [1.29, 1.82) is 0 Å². The summed E-state index contributed by atoms with van der Waals surface area (Å²) in [6.07, 6.45) is 4.97. The van der Waals surface area contributed by atoms with Gasteiger partial charge in [0.05, 0.1) is 11.1 Å². The van der Waals surface area contributed by atoms with Crippen molar-refractivity contribution in [2.75, 3.05) is 5.88 Å². The average molecular weight is 349 g/mol. The molecule has 104 valence electrons. The number of rotatable bonds is 3. The zero-order chi connectivity index (χ0) is 13.9. The van der Waals surface area contributed by atoms with Gasteiger partial charge >= 0.3 is 0 Å². The molecule has 0 bridgehead atoms. The zero-order valence-electron chi connectivity index (χ0n) is 10.5. The minimum absolute atomic E-state index is 0.0533. The van der Waals surface area contributed by atoms with Crippen LogP contribution in [-0.4, -0.2) is 17.3 Å². The van der Waals surface area contributed by atoms with Crippen molar-refractivity contribution in [3.05, 3.63) is 34.1 Å². The van der Waals surface area contributed by atoms with Gasteiger partial charge in [-0.05, 0) is 40.9 Å². The molecule has 1 N–H and O–H groups in total. The van der Waals surface area contributed by atoms with Crippen molar-refractivity contribution in [2.45, 2.75) is 37.6 Å². The lowest BCUT2D eigenvalue weighted by Gasteiger charge is -2.36. The maximum atomic E-state index is 13.8. The monoisotopic (exact) mass is 347 g/mol. The summed E-state index contributed by atoms with van der Waals surface area (Å²) in [5.41, 5.74) is -0.337. The maximum Gasteiger partial charge on any atom is 0.255 e. The molecular formula is C14H16BrClFNO. The summed E-state index contributed by atoms with van der Waals surface area (Å²) in [5, 5.41) is 2.94. The standard InChI is InChI=1S/C14H16BrClFNO/c15-10-5-4-6-11(17)12(10)13(19)18-14(9-16)7-2-1-3-8-14/h4-6H,1-3,7-9H2,(H,18,19). The molecule has 1 aliphatic carbocycles. The molecule has 1 aliphatic rings.